The van der Waals surface area contributed by atoms with Crippen LogP contribution in [-0.2, 0) is 11.3 Å². The molecular formula is C9H11F2N3O. The highest BCUT2D eigenvalue weighted by Gasteiger charge is 2.03. The summed E-state index contributed by atoms with van der Waals surface area (Å²) in [5.74, 6) is -0.161. The highest BCUT2D eigenvalue weighted by Crippen LogP contribution is 2.04. The lowest BCUT2D eigenvalue weighted by atomic mass is 10.2. The zero-order chi connectivity index (χ0) is 11.3. The Kier molecular flexibility index (Phi) is 4.11. The molecule has 0 unspecified atom stereocenters. The van der Waals surface area contributed by atoms with Crippen molar-refractivity contribution in [2.45, 2.75) is 13.0 Å². The van der Waals surface area contributed by atoms with Crippen molar-refractivity contribution in [3.63, 3.8) is 0 Å². The molecule has 0 saturated heterocycles. The second-order valence-electron chi connectivity index (χ2n) is 2.87. The van der Waals surface area contributed by atoms with E-state index in [1.54, 1.807) is 6.07 Å². The van der Waals surface area contributed by atoms with Crippen LogP contribution in [0.3, 0.4) is 0 Å². The van der Waals surface area contributed by atoms with Crippen LogP contribution in [0.5, 0.6) is 0 Å². The molecule has 1 heterocycles. The molecule has 0 saturated carbocycles. The summed E-state index contributed by atoms with van der Waals surface area (Å²) in [7, 11) is 0. The molecule has 0 spiro atoms. The first-order valence-corrected chi connectivity index (χ1v) is 4.25. The van der Waals surface area contributed by atoms with E-state index in [0.717, 1.165) is 0 Å². The Morgan fingerprint density at radius 3 is 2.93 bits per heavy atom. The van der Waals surface area contributed by atoms with E-state index in [9.17, 15) is 8.78 Å². The van der Waals surface area contributed by atoms with Crippen LogP contribution in [0.1, 0.15) is 11.3 Å². The molecule has 82 valence electrons. The van der Waals surface area contributed by atoms with E-state index in [-0.39, 0.29) is 12.4 Å². The van der Waals surface area contributed by atoms with Crippen LogP contribution < -0.4 is 5.73 Å². The van der Waals surface area contributed by atoms with Gasteiger partial charge in [-0.2, -0.15) is 0 Å². The van der Waals surface area contributed by atoms with E-state index >= 15 is 0 Å². The first-order chi connectivity index (χ1) is 7.09. The van der Waals surface area contributed by atoms with Gasteiger partial charge in [-0.3, -0.25) is 10.4 Å². The Morgan fingerprint density at radius 2 is 2.33 bits per heavy atom. The molecule has 6 heteroatoms. The number of alkyl halides is 2. The van der Waals surface area contributed by atoms with E-state index in [1.165, 1.54) is 12.3 Å². The lowest BCUT2D eigenvalue weighted by Crippen LogP contribution is -2.13. The minimum Gasteiger partial charge on any atom is -0.382 e. The van der Waals surface area contributed by atoms with Crippen LogP contribution in [0, 0.1) is 5.41 Å². The molecular weight excluding hydrogens is 204 g/mol. The summed E-state index contributed by atoms with van der Waals surface area (Å²) in [6.07, 6.45) is -1.02. The summed E-state index contributed by atoms with van der Waals surface area (Å²) < 4.78 is 28.2. The molecule has 0 aliphatic carbocycles. The Labute approximate surface area is 85.6 Å². The summed E-state index contributed by atoms with van der Waals surface area (Å²) in [6, 6.07) is 3.16. The molecule has 0 aliphatic rings. The Balaban J connectivity index is 2.54. The first-order valence-electron chi connectivity index (χ1n) is 4.25. The number of hydrogen-bond donors (Lipinski definition) is 2. The second-order valence-corrected chi connectivity index (χ2v) is 2.87. The van der Waals surface area contributed by atoms with Crippen LogP contribution >= 0.6 is 0 Å². The van der Waals surface area contributed by atoms with Crippen LogP contribution in [0.2, 0.25) is 0 Å². The van der Waals surface area contributed by atoms with Crippen LogP contribution in [0.15, 0.2) is 18.3 Å². The van der Waals surface area contributed by atoms with Gasteiger partial charge in [-0.1, -0.05) is 0 Å². The van der Waals surface area contributed by atoms with Gasteiger partial charge in [-0.15, -0.1) is 0 Å². The smallest absolute Gasteiger partial charge is 0.261 e. The minimum absolute atomic E-state index is 0.0626. The van der Waals surface area contributed by atoms with Crippen molar-refractivity contribution in [3.8, 4) is 0 Å². The van der Waals surface area contributed by atoms with Crippen molar-refractivity contribution < 1.29 is 13.5 Å². The lowest BCUT2D eigenvalue weighted by molar-refractivity contribution is 0.00986. The maximum absolute atomic E-state index is 11.8. The fourth-order valence-electron chi connectivity index (χ4n) is 0.977. The van der Waals surface area contributed by atoms with E-state index in [1.807, 2.05) is 0 Å². The summed E-state index contributed by atoms with van der Waals surface area (Å²) >= 11 is 0. The molecule has 0 aliphatic heterocycles. The Hall–Kier alpha value is -1.56. The van der Waals surface area contributed by atoms with Gasteiger partial charge in [0, 0.05) is 6.20 Å². The SMILES string of the molecule is N=C(N)c1cc(COCC(F)F)ccn1. The third kappa shape index (κ3) is 3.99. The summed E-state index contributed by atoms with van der Waals surface area (Å²) in [6.45, 7) is -0.537. The van der Waals surface area contributed by atoms with E-state index in [0.29, 0.717) is 11.3 Å². The molecule has 0 amide bonds. The van der Waals surface area contributed by atoms with Crippen LogP contribution in [0.25, 0.3) is 0 Å². The van der Waals surface area contributed by atoms with E-state index < -0.39 is 13.0 Å². The average Bonchev–Trinajstić information content (AvgIpc) is 2.17. The topological polar surface area (TPSA) is 72.0 Å². The third-order valence-corrected chi connectivity index (χ3v) is 1.61. The van der Waals surface area contributed by atoms with Gasteiger partial charge in [0.1, 0.15) is 18.1 Å². The molecule has 4 nitrogen and oxygen atoms in total. The second kappa shape index (κ2) is 5.35. The molecule has 3 N–H and O–H groups in total. The third-order valence-electron chi connectivity index (χ3n) is 1.61. The van der Waals surface area contributed by atoms with Gasteiger partial charge in [0.15, 0.2) is 0 Å². The fraction of sp³-hybridized carbons (Fsp3) is 0.333. The van der Waals surface area contributed by atoms with Crippen molar-refractivity contribution in [1.82, 2.24) is 4.98 Å². The zero-order valence-electron chi connectivity index (χ0n) is 7.91. The molecule has 1 rings (SSSR count). The van der Waals surface area contributed by atoms with Crippen LogP contribution in [0.4, 0.5) is 8.78 Å². The van der Waals surface area contributed by atoms with Crippen molar-refractivity contribution in [1.29, 1.82) is 5.41 Å². The molecule has 15 heavy (non-hydrogen) atoms. The standard InChI is InChI=1S/C9H11F2N3O/c10-8(11)5-15-4-6-1-2-14-7(3-6)9(12)13/h1-3,8H,4-5H2,(H3,12,13). The number of nitrogens with one attached hydrogen (secondary N) is 1. The molecule has 0 fully saturated rings. The summed E-state index contributed by atoms with van der Waals surface area (Å²) in [4.78, 5) is 3.83. The van der Waals surface area contributed by atoms with Crippen molar-refractivity contribution in [2.24, 2.45) is 5.73 Å². The Bertz CT molecular complexity index is 344. The molecule has 0 bridgehead atoms. The lowest BCUT2D eigenvalue weighted by Gasteiger charge is -2.04. The predicted molar refractivity (Wildman–Crippen MR) is 50.9 cm³/mol. The van der Waals surface area contributed by atoms with Gasteiger partial charge < -0.3 is 10.5 Å². The van der Waals surface area contributed by atoms with E-state index in [4.69, 9.17) is 15.9 Å². The van der Waals surface area contributed by atoms with Crippen molar-refractivity contribution >= 4 is 5.84 Å². The van der Waals surface area contributed by atoms with Gasteiger partial charge in [0.25, 0.3) is 6.43 Å². The maximum atomic E-state index is 11.8. The molecule has 1 aromatic rings. The number of amidine groups is 1. The molecule has 0 radical (unpaired) electrons. The number of nitrogen functional groups attached to an aromatic ring is 1. The summed E-state index contributed by atoms with van der Waals surface area (Å²) in [5, 5.41) is 7.13. The number of nitrogens with zero attached hydrogens (tertiary/aromatic N) is 1. The molecule has 1 aromatic heterocycles. The first kappa shape index (κ1) is 11.5. The van der Waals surface area contributed by atoms with Crippen LogP contribution in [-0.4, -0.2) is 23.9 Å². The molecule has 0 aromatic carbocycles. The fourth-order valence-corrected chi connectivity index (χ4v) is 0.977. The number of ether oxygens (including phenoxy) is 1. The molecule has 0 atom stereocenters. The van der Waals surface area contributed by atoms with Gasteiger partial charge in [-0.25, -0.2) is 8.78 Å². The maximum Gasteiger partial charge on any atom is 0.261 e. The van der Waals surface area contributed by atoms with Crippen molar-refractivity contribution in [3.05, 3.63) is 29.6 Å². The van der Waals surface area contributed by atoms with E-state index in [2.05, 4.69) is 4.98 Å². The van der Waals surface area contributed by atoms with Gasteiger partial charge in [0.2, 0.25) is 0 Å². The predicted octanol–water partition coefficient (Wildman–Crippen LogP) is 1.15. The number of rotatable bonds is 5. The summed E-state index contributed by atoms with van der Waals surface area (Å²) in [5.41, 5.74) is 6.20. The number of pyridine rings is 1. The monoisotopic (exact) mass is 215 g/mol. The Morgan fingerprint density at radius 1 is 1.60 bits per heavy atom. The minimum atomic E-state index is -2.47. The highest BCUT2D eigenvalue weighted by atomic mass is 19.3. The average molecular weight is 215 g/mol. The van der Waals surface area contributed by atoms with Gasteiger partial charge in [-0.05, 0) is 17.7 Å². The quantitative estimate of drug-likeness (QED) is 0.571. The normalized spacial score (nSPS) is 10.6. The largest absolute Gasteiger partial charge is 0.382 e. The number of hydrogen-bond acceptors (Lipinski definition) is 3. The van der Waals surface area contributed by atoms with Gasteiger partial charge in [0.05, 0.1) is 6.61 Å². The number of halogens is 2. The van der Waals surface area contributed by atoms with Gasteiger partial charge >= 0.3 is 0 Å². The van der Waals surface area contributed by atoms with Crippen molar-refractivity contribution in [2.75, 3.05) is 6.61 Å². The highest BCUT2D eigenvalue weighted by molar-refractivity contribution is 5.93. The number of aromatic nitrogens is 1. The number of nitrogens with two attached hydrogens (primary N) is 1. The zero-order valence-corrected chi connectivity index (χ0v) is 7.91.